The summed E-state index contributed by atoms with van der Waals surface area (Å²) < 4.78 is 0. The first kappa shape index (κ1) is 11.3. The molecule has 0 bridgehead atoms. The van der Waals surface area contributed by atoms with Crippen molar-refractivity contribution in [1.29, 1.82) is 0 Å². The number of hydrogen-bond acceptors (Lipinski definition) is 2. The molecule has 1 aromatic heterocycles. The van der Waals surface area contributed by atoms with E-state index in [1.54, 1.807) is 6.07 Å². The van der Waals surface area contributed by atoms with Crippen LogP contribution >= 0.6 is 11.6 Å². The number of aromatic amines is 1. The van der Waals surface area contributed by atoms with E-state index in [1.807, 2.05) is 6.07 Å². The number of hydrogen-bond donors (Lipinski definition) is 2. The van der Waals surface area contributed by atoms with E-state index in [0.717, 1.165) is 16.9 Å². The Kier molecular flexibility index (Phi) is 2.80. The van der Waals surface area contributed by atoms with Crippen LogP contribution in [-0.2, 0) is 0 Å². The fourth-order valence-corrected chi connectivity index (χ4v) is 1.88. The van der Waals surface area contributed by atoms with Crippen LogP contribution < -0.4 is 5.73 Å². The molecule has 0 saturated heterocycles. The Morgan fingerprint density at radius 2 is 2.00 bits per heavy atom. The molecule has 2 rings (SSSR count). The summed E-state index contributed by atoms with van der Waals surface area (Å²) in [4.78, 5) is 7.82. The number of H-pyrrole nitrogens is 1. The quantitative estimate of drug-likeness (QED) is 0.785. The van der Waals surface area contributed by atoms with Gasteiger partial charge in [0.1, 0.15) is 11.3 Å². The minimum atomic E-state index is 0.380. The molecule has 0 saturated carbocycles. The van der Waals surface area contributed by atoms with Crippen LogP contribution in [-0.4, -0.2) is 9.97 Å². The highest BCUT2D eigenvalue weighted by Crippen LogP contribution is 2.28. The van der Waals surface area contributed by atoms with Gasteiger partial charge in [-0.05, 0) is 18.1 Å². The zero-order chi connectivity index (χ0) is 11.9. The van der Waals surface area contributed by atoms with Gasteiger partial charge in [0.15, 0.2) is 0 Å². The number of nitrogens with two attached hydrogens (primary N) is 1. The third-order valence-corrected chi connectivity index (χ3v) is 3.25. The first-order valence-electron chi connectivity index (χ1n) is 5.43. The molecule has 3 N–H and O–H groups in total. The molecule has 1 heterocycles. The van der Waals surface area contributed by atoms with Crippen LogP contribution in [0.3, 0.4) is 0 Å². The molecule has 2 aromatic rings. The largest absolute Gasteiger partial charge is 0.397 e. The summed E-state index contributed by atoms with van der Waals surface area (Å²) in [7, 11) is 0. The van der Waals surface area contributed by atoms with Gasteiger partial charge in [0.25, 0.3) is 0 Å². The van der Waals surface area contributed by atoms with Crippen molar-refractivity contribution in [1.82, 2.24) is 9.97 Å². The molecule has 0 fully saturated rings. The van der Waals surface area contributed by atoms with Gasteiger partial charge in [-0.2, -0.15) is 0 Å². The number of nitrogens with zero attached hydrogens (tertiary/aromatic N) is 1. The van der Waals surface area contributed by atoms with E-state index in [4.69, 9.17) is 17.3 Å². The smallest absolute Gasteiger partial charge is 0.112 e. The fraction of sp³-hybridized carbons (Fsp3) is 0.417. The summed E-state index contributed by atoms with van der Waals surface area (Å²) in [6.45, 7) is 6.50. The maximum Gasteiger partial charge on any atom is 0.112 e. The third-order valence-electron chi connectivity index (χ3n) is 3.03. The molecule has 4 heteroatoms. The summed E-state index contributed by atoms with van der Waals surface area (Å²) in [6.07, 6.45) is 0. The van der Waals surface area contributed by atoms with E-state index < -0.39 is 0 Å². The van der Waals surface area contributed by atoms with Gasteiger partial charge in [0.05, 0.1) is 11.2 Å². The van der Waals surface area contributed by atoms with Crippen molar-refractivity contribution in [2.24, 2.45) is 5.92 Å². The van der Waals surface area contributed by atoms with Crippen LogP contribution in [0.1, 0.15) is 32.5 Å². The fourth-order valence-electron chi connectivity index (χ4n) is 1.66. The highest BCUT2D eigenvalue weighted by atomic mass is 35.5. The number of halogens is 1. The zero-order valence-corrected chi connectivity index (χ0v) is 10.5. The molecule has 0 aliphatic rings. The van der Waals surface area contributed by atoms with Gasteiger partial charge in [-0.25, -0.2) is 4.98 Å². The van der Waals surface area contributed by atoms with Crippen molar-refractivity contribution in [2.75, 3.05) is 5.73 Å². The van der Waals surface area contributed by atoms with Gasteiger partial charge >= 0.3 is 0 Å². The number of imidazole rings is 1. The van der Waals surface area contributed by atoms with Gasteiger partial charge in [0, 0.05) is 10.9 Å². The minimum Gasteiger partial charge on any atom is -0.397 e. The molecular formula is C12H16ClN3. The molecule has 1 atom stereocenters. The van der Waals surface area contributed by atoms with Crippen molar-refractivity contribution in [3.8, 4) is 0 Å². The Morgan fingerprint density at radius 3 is 2.62 bits per heavy atom. The Balaban J connectivity index is 2.56. The normalized spacial score (nSPS) is 13.6. The van der Waals surface area contributed by atoms with Crippen molar-refractivity contribution < 1.29 is 0 Å². The van der Waals surface area contributed by atoms with Gasteiger partial charge in [-0.3, -0.25) is 0 Å². The van der Waals surface area contributed by atoms with Crippen LogP contribution in [0, 0.1) is 5.92 Å². The number of benzene rings is 1. The third kappa shape index (κ3) is 1.87. The molecule has 0 amide bonds. The van der Waals surface area contributed by atoms with Crippen molar-refractivity contribution in [3.63, 3.8) is 0 Å². The average molecular weight is 238 g/mol. The number of fused-ring (bicyclic) bond motifs is 1. The lowest BCUT2D eigenvalue weighted by Gasteiger charge is -2.11. The molecule has 16 heavy (non-hydrogen) atoms. The molecule has 3 nitrogen and oxygen atoms in total. The van der Waals surface area contributed by atoms with E-state index in [1.165, 1.54) is 0 Å². The summed E-state index contributed by atoms with van der Waals surface area (Å²) in [5, 5.41) is 0.636. The predicted octanol–water partition coefficient (Wildman–Crippen LogP) is 3.56. The number of aromatic nitrogens is 2. The van der Waals surface area contributed by atoms with Crippen LogP contribution in [0.15, 0.2) is 12.1 Å². The molecular weight excluding hydrogens is 222 g/mol. The van der Waals surface area contributed by atoms with E-state index in [-0.39, 0.29) is 0 Å². The average Bonchev–Trinajstić information content (AvgIpc) is 2.60. The molecule has 0 aliphatic heterocycles. The highest BCUT2D eigenvalue weighted by Gasteiger charge is 2.15. The first-order valence-corrected chi connectivity index (χ1v) is 5.81. The Morgan fingerprint density at radius 1 is 1.31 bits per heavy atom. The topological polar surface area (TPSA) is 54.7 Å². The highest BCUT2D eigenvalue weighted by molar-refractivity contribution is 6.31. The summed E-state index contributed by atoms with van der Waals surface area (Å²) in [5.41, 5.74) is 8.23. The summed E-state index contributed by atoms with van der Waals surface area (Å²) in [5.74, 6) is 1.89. The number of nitrogen functional groups attached to an aromatic ring is 1. The molecule has 1 unspecified atom stereocenters. The van der Waals surface area contributed by atoms with Crippen molar-refractivity contribution >= 4 is 28.3 Å². The van der Waals surface area contributed by atoms with E-state index in [2.05, 4.69) is 30.7 Å². The minimum absolute atomic E-state index is 0.380. The number of nitrogens with one attached hydrogen (secondary N) is 1. The second kappa shape index (κ2) is 3.98. The zero-order valence-electron chi connectivity index (χ0n) is 9.71. The molecule has 0 spiro atoms. The van der Waals surface area contributed by atoms with E-state index in [0.29, 0.717) is 22.5 Å². The van der Waals surface area contributed by atoms with Crippen LogP contribution in [0.25, 0.3) is 11.0 Å². The van der Waals surface area contributed by atoms with Gasteiger partial charge < -0.3 is 10.7 Å². The van der Waals surface area contributed by atoms with E-state index in [9.17, 15) is 0 Å². The lowest BCUT2D eigenvalue weighted by atomic mass is 9.98. The molecule has 1 aromatic carbocycles. The van der Waals surface area contributed by atoms with Gasteiger partial charge in [-0.1, -0.05) is 32.4 Å². The second-order valence-electron chi connectivity index (χ2n) is 4.55. The monoisotopic (exact) mass is 237 g/mol. The lowest BCUT2D eigenvalue weighted by molar-refractivity contribution is 0.515. The van der Waals surface area contributed by atoms with E-state index >= 15 is 0 Å². The maximum absolute atomic E-state index is 5.95. The number of anilines is 1. The van der Waals surface area contributed by atoms with Gasteiger partial charge in [0.2, 0.25) is 0 Å². The van der Waals surface area contributed by atoms with Crippen molar-refractivity contribution in [3.05, 3.63) is 23.0 Å². The molecule has 0 radical (unpaired) electrons. The summed E-state index contributed by atoms with van der Waals surface area (Å²) >= 11 is 5.95. The summed E-state index contributed by atoms with van der Waals surface area (Å²) in [6, 6.07) is 3.59. The standard InChI is InChI=1S/C12H16ClN3/c1-6(2)7(3)12-15-10-5-8(13)4-9(14)11(10)16-12/h4-7H,14H2,1-3H3,(H,15,16). The first-order chi connectivity index (χ1) is 7.49. The van der Waals surface area contributed by atoms with Crippen LogP contribution in [0.2, 0.25) is 5.02 Å². The predicted molar refractivity (Wildman–Crippen MR) is 68.8 cm³/mol. The second-order valence-corrected chi connectivity index (χ2v) is 4.98. The molecule has 86 valence electrons. The Labute approximate surface area is 100 Å². The van der Waals surface area contributed by atoms with Gasteiger partial charge in [-0.15, -0.1) is 0 Å². The van der Waals surface area contributed by atoms with Crippen LogP contribution in [0.5, 0.6) is 0 Å². The Hall–Kier alpha value is -1.22. The molecule has 0 aliphatic carbocycles. The number of rotatable bonds is 2. The lowest BCUT2D eigenvalue weighted by Crippen LogP contribution is -2.03. The SMILES string of the molecule is CC(C)C(C)c1nc2c(N)cc(Cl)cc2[nH]1. The Bertz CT molecular complexity index is 516. The van der Waals surface area contributed by atoms with Crippen LogP contribution in [0.4, 0.5) is 5.69 Å². The van der Waals surface area contributed by atoms with Crippen molar-refractivity contribution in [2.45, 2.75) is 26.7 Å². The maximum atomic E-state index is 5.95.